The molecule has 0 atom stereocenters. The van der Waals surface area contributed by atoms with Gasteiger partial charge in [-0.05, 0) is 24.6 Å². The van der Waals surface area contributed by atoms with Gasteiger partial charge in [-0.3, -0.25) is 0 Å². The molecule has 0 unspecified atom stereocenters. The van der Waals surface area contributed by atoms with E-state index in [4.69, 9.17) is 22.4 Å². The highest BCUT2D eigenvalue weighted by molar-refractivity contribution is 7.99. The van der Waals surface area contributed by atoms with Gasteiger partial charge in [-0.1, -0.05) is 11.6 Å². The van der Waals surface area contributed by atoms with E-state index in [0.717, 1.165) is 17.1 Å². The molecule has 0 bridgehead atoms. The molecule has 1 rings (SSSR count). The lowest BCUT2D eigenvalue weighted by atomic mass is 10.3. The third-order valence-electron chi connectivity index (χ3n) is 1.53. The molecule has 1 aromatic rings. The van der Waals surface area contributed by atoms with Crippen LogP contribution in [0.5, 0.6) is 0 Å². The van der Waals surface area contributed by atoms with E-state index in [9.17, 15) is 0 Å². The predicted molar refractivity (Wildman–Crippen MR) is 58.3 cm³/mol. The van der Waals surface area contributed by atoms with Crippen LogP contribution in [0.2, 0.25) is 5.02 Å². The fraction of sp³-hybridized carbons (Fsp3) is 0.333. The Hall–Kier alpha value is -0.380. The summed E-state index contributed by atoms with van der Waals surface area (Å²) in [7, 11) is 0. The van der Waals surface area contributed by atoms with Crippen molar-refractivity contribution in [2.75, 3.05) is 18.1 Å². The SMILES string of the molecule is Nc1cc(Cl)ccc1SCCCO. The van der Waals surface area contributed by atoms with Crippen molar-refractivity contribution in [2.24, 2.45) is 0 Å². The number of aliphatic hydroxyl groups is 1. The Morgan fingerprint density at radius 2 is 2.23 bits per heavy atom. The van der Waals surface area contributed by atoms with Crippen molar-refractivity contribution in [3.63, 3.8) is 0 Å². The van der Waals surface area contributed by atoms with Crippen molar-refractivity contribution in [3.05, 3.63) is 23.2 Å². The van der Waals surface area contributed by atoms with Gasteiger partial charge in [0.25, 0.3) is 0 Å². The van der Waals surface area contributed by atoms with E-state index < -0.39 is 0 Å². The average Bonchev–Trinajstić information content (AvgIpc) is 2.09. The standard InChI is InChI=1S/C9H12ClNOS/c10-7-2-3-9(8(11)6-7)13-5-1-4-12/h2-3,6,12H,1,4-5,11H2. The molecule has 0 amide bonds. The summed E-state index contributed by atoms with van der Waals surface area (Å²) in [4.78, 5) is 1.03. The zero-order valence-electron chi connectivity index (χ0n) is 7.16. The summed E-state index contributed by atoms with van der Waals surface area (Å²) in [6.45, 7) is 0.223. The number of aliphatic hydroxyl groups excluding tert-OH is 1. The van der Waals surface area contributed by atoms with Crippen LogP contribution >= 0.6 is 23.4 Å². The maximum atomic E-state index is 8.59. The van der Waals surface area contributed by atoms with Gasteiger partial charge in [0.2, 0.25) is 0 Å². The zero-order chi connectivity index (χ0) is 9.68. The molecule has 72 valence electrons. The Bertz CT molecular complexity index is 280. The molecule has 0 spiro atoms. The molecule has 0 aliphatic rings. The van der Waals surface area contributed by atoms with Gasteiger partial charge >= 0.3 is 0 Å². The highest BCUT2D eigenvalue weighted by Gasteiger charge is 1.99. The molecule has 13 heavy (non-hydrogen) atoms. The molecule has 2 nitrogen and oxygen atoms in total. The second kappa shape index (κ2) is 5.37. The van der Waals surface area contributed by atoms with Gasteiger partial charge in [-0.25, -0.2) is 0 Å². The van der Waals surface area contributed by atoms with Gasteiger partial charge in [0.1, 0.15) is 0 Å². The monoisotopic (exact) mass is 217 g/mol. The van der Waals surface area contributed by atoms with Crippen LogP contribution in [0.25, 0.3) is 0 Å². The minimum atomic E-state index is 0.223. The van der Waals surface area contributed by atoms with Crippen LogP contribution in [0.3, 0.4) is 0 Å². The van der Waals surface area contributed by atoms with E-state index >= 15 is 0 Å². The van der Waals surface area contributed by atoms with Crippen LogP contribution in [0, 0.1) is 0 Å². The number of anilines is 1. The lowest BCUT2D eigenvalue weighted by Crippen LogP contribution is -1.90. The summed E-state index contributed by atoms with van der Waals surface area (Å²) in [6.07, 6.45) is 0.784. The number of benzene rings is 1. The summed E-state index contributed by atoms with van der Waals surface area (Å²) in [6, 6.07) is 5.46. The largest absolute Gasteiger partial charge is 0.398 e. The molecule has 0 saturated heterocycles. The van der Waals surface area contributed by atoms with Crippen LogP contribution in [0.4, 0.5) is 5.69 Å². The maximum Gasteiger partial charge on any atom is 0.0467 e. The Balaban J connectivity index is 2.56. The highest BCUT2D eigenvalue weighted by Crippen LogP contribution is 2.27. The second-order valence-corrected chi connectivity index (χ2v) is 4.18. The number of rotatable bonds is 4. The van der Waals surface area contributed by atoms with E-state index in [2.05, 4.69) is 0 Å². The first-order valence-electron chi connectivity index (χ1n) is 4.02. The predicted octanol–water partition coefficient (Wildman–Crippen LogP) is 2.40. The minimum absolute atomic E-state index is 0.223. The van der Waals surface area contributed by atoms with Crippen molar-refractivity contribution in [1.29, 1.82) is 0 Å². The van der Waals surface area contributed by atoms with Crippen molar-refractivity contribution >= 4 is 29.1 Å². The third kappa shape index (κ3) is 3.46. The Morgan fingerprint density at radius 3 is 2.85 bits per heavy atom. The van der Waals surface area contributed by atoms with Crippen LogP contribution in [-0.4, -0.2) is 17.5 Å². The number of hydrogen-bond donors (Lipinski definition) is 2. The van der Waals surface area contributed by atoms with Gasteiger partial charge in [0, 0.05) is 28.0 Å². The van der Waals surface area contributed by atoms with Crippen LogP contribution in [-0.2, 0) is 0 Å². The zero-order valence-corrected chi connectivity index (χ0v) is 8.74. The molecule has 0 saturated carbocycles. The lowest BCUT2D eigenvalue weighted by molar-refractivity contribution is 0.296. The second-order valence-electron chi connectivity index (χ2n) is 2.61. The van der Waals surface area contributed by atoms with Crippen molar-refractivity contribution in [3.8, 4) is 0 Å². The lowest BCUT2D eigenvalue weighted by Gasteiger charge is -2.04. The average molecular weight is 218 g/mol. The minimum Gasteiger partial charge on any atom is -0.398 e. The molecule has 4 heteroatoms. The summed E-state index contributed by atoms with van der Waals surface area (Å²) >= 11 is 7.39. The Kier molecular flexibility index (Phi) is 4.42. The highest BCUT2D eigenvalue weighted by atomic mass is 35.5. The molecule has 3 N–H and O–H groups in total. The van der Waals surface area contributed by atoms with Gasteiger partial charge in [0.05, 0.1) is 0 Å². The van der Waals surface area contributed by atoms with E-state index in [1.807, 2.05) is 12.1 Å². The summed E-state index contributed by atoms with van der Waals surface area (Å²) in [5.74, 6) is 0.877. The fourth-order valence-electron chi connectivity index (χ4n) is 0.897. The molecule has 0 aliphatic carbocycles. The van der Waals surface area contributed by atoms with Crippen LogP contribution < -0.4 is 5.73 Å². The quantitative estimate of drug-likeness (QED) is 0.463. The summed E-state index contributed by atoms with van der Waals surface area (Å²) in [5.41, 5.74) is 6.44. The molecule has 0 aliphatic heterocycles. The van der Waals surface area contributed by atoms with Gasteiger partial charge < -0.3 is 10.8 Å². The van der Waals surface area contributed by atoms with Crippen molar-refractivity contribution in [1.82, 2.24) is 0 Å². The van der Waals surface area contributed by atoms with E-state index in [1.165, 1.54) is 0 Å². The molecule has 0 fully saturated rings. The van der Waals surface area contributed by atoms with Crippen molar-refractivity contribution in [2.45, 2.75) is 11.3 Å². The Morgan fingerprint density at radius 1 is 1.46 bits per heavy atom. The van der Waals surface area contributed by atoms with Crippen LogP contribution in [0.15, 0.2) is 23.1 Å². The number of thioether (sulfide) groups is 1. The van der Waals surface area contributed by atoms with Gasteiger partial charge in [-0.2, -0.15) is 0 Å². The van der Waals surface area contributed by atoms with Crippen LogP contribution in [0.1, 0.15) is 6.42 Å². The number of nitrogen functional groups attached to an aromatic ring is 1. The summed E-state index contributed by atoms with van der Waals surface area (Å²) < 4.78 is 0. The van der Waals surface area contributed by atoms with Gasteiger partial charge in [-0.15, -0.1) is 11.8 Å². The molecule has 0 heterocycles. The summed E-state index contributed by atoms with van der Waals surface area (Å²) in [5, 5.41) is 9.25. The maximum absolute atomic E-state index is 8.59. The number of nitrogens with two attached hydrogens (primary N) is 1. The van der Waals surface area contributed by atoms with Crippen molar-refractivity contribution < 1.29 is 5.11 Å². The molecule has 1 aromatic carbocycles. The van der Waals surface area contributed by atoms with Gasteiger partial charge in [0.15, 0.2) is 0 Å². The molecule has 0 aromatic heterocycles. The molecular weight excluding hydrogens is 206 g/mol. The number of hydrogen-bond acceptors (Lipinski definition) is 3. The molecular formula is C9H12ClNOS. The van der Waals surface area contributed by atoms with E-state index in [0.29, 0.717) is 10.7 Å². The third-order valence-corrected chi connectivity index (χ3v) is 2.94. The first-order chi connectivity index (χ1) is 6.24. The van der Waals surface area contributed by atoms with E-state index in [-0.39, 0.29) is 6.61 Å². The smallest absolute Gasteiger partial charge is 0.0467 e. The molecule has 0 radical (unpaired) electrons. The number of halogens is 1. The first kappa shape index (κ1) is 10.7. The van der Waals surface area contributed by atoms with E-state index in [1.54, 1.807) is 17.8 Å². The Labute approximate surface area is 87.1 Å². The first-order valence-corrected chi connectivity index (χ1v) is 5.39. The normalized spacial score (nSPS) is 10.3. The fourth-order valence-corrected chi connectivity index (χ4v) is 1.96. The topological polar surface area (TPSA) is 46.2 Å².